The summed E-state index contributed by atoms with van der Waals surface area (Å²) < 4.78 is 21.3. The molecule has 0 spiro atoms. The van der Waals surface area contributed by atoms with E-state index in [-0.39, 0.29) is 19.0 Å². The smallest absolute Gasteiger partial charge is 0.170 e. The minimum atomic E-state index is -0.332. The molecule has 2 N–H and O–H groups in total. The Kier molecular flexibility index (Phi) is 5.35. The molecule has 4 aromatic rings. The molecule has 148 valence electrons. The maximum Gasteiger partial charge on any atom is 0.170 e. The van der Waals surface area contributed by atoms with E-state index < -0.39 is 0 Å². The number of aromatic nitrogens is 4. The topological polar surface area (TPSA) is 84.6 Å². The molecule has 0 atom stereocenters. The van der Waals surface area contributed by atoms with Crippen molar-refractivity contribution in [2.45, 2.75) is 13.0 Å². The average Bonchev–Trinajstić information content (AvgIpc) is 3.23. The molecule has 0 fully saturated rings. The number of nitrogens with one attached hydrogen (secondary N) is 1. The summed E-state index contributed by atoms with van der Waals surface area (Å²) in [6.45, 7) is 0.289. The quantitative estimate of drug-likeness (QED) is 0.502. The predicted molar refractivity (Wildman–Crippen MR) is 107 cm³/mol. The van der Waals surface area contributed by atoms with Crippen LogP contribution in [0.5, 0.6) is 5.75 Å². The minimum absolute atomic E-state index is 0.0408. The summed E-state index contributed by atoms with van der Waals surface area (Å²) in [5, 5.41) is 20.7. The number of aliphatic hydroxyl groups is 1. The number of methoxy groups -OCH3 is 1. The summed E-state index contributed by atoms with van der Waals surface area (Å²) in [6, 6.07) is 12.4. The molecule has 0 aliphatic carbocycles. The molecular weight excluding hydrogens is 373 g/mol. The number of fused-ring (bicyclic) bond motifs is 1. The molecule has 0 radical (unpaired) electrons. The van der Waals surface area contributed by atoms with Gasteiger partial charge in [-0.1, -0.05) is 6.07 Å². The van der Waals surface area contributed by atoms with Crippen LogP contribution in [0.4, 0.5) is 10.2 Å². The number of hydrogen-bond donors (Lipinski definition) is 2. The highest BCUT2D eigenvalue weighted by atomic mass is 19.1. The lowest BCUT2D eigenvalue weighted by molar-refractivity contribution is 0.298. The molecule has 0 aliphatic heterocycles. The number of rotatable bonds is 7. The van der Waals surface area contributed by atoms with Gasteiger partial charge in [-0.15, -0.1) is 10.2 Å². The first-order valence-corrected chi connectivity index (χ1v) is 9.15. The summed E-state index contributed by atoms with van der Waals surface area (Å²) in [6.07, 6.45) is 3.81. The first kappa shape index (κ1) is 18.8. The molecule has 8 heteroatoms. The molecule has 0 bridgehead atoms. The van der Waals surface area contributed by atoms with Crippen molar-refractivity contribution in [2.24, 2.45) is 0 Å². The van der Waals surface area contributed by atoms with Gasteiger partial charge in [0.05, 0.1) is 7.11 Å². The molecule has 3 heterocycles. The number of halogens is 1. The lowest BCUT2D eigenvalue weighted by Crippen LogP contribution is -2.07. The van der Waals surface area contributed by atoms with E-state index in [0.29, 0.717) is 23.4 Å². The van der Waals surface area contributed by atoms with Crippen molar-refractivity contribution in [1.29, 1.82) is 0 Å². The third kappa shape index (κ3) is 3.74. The number of aliphatic hydroxyl groups excluding tert-OH is 1. The molecule has 0 amide bonds. The van der Waals surface area contributed by atoms with Crippen LogP contribution in [0, 0.1) is 5.82 Å². The SMILES string of the molecule is COc1cccc(F)c1CNc1ccc(-c2ccnc(CCO)c2)c2nncn12. The zero-order valence-corrected chi connectivity index (χ0v) is 15.8. The van der Waals surface area contributed by atoms with E-state index in [9.17, 15) is 4.39 Å². The fourth-order valence-electron chi connectivity index (χ4n) is 3.26. The van der Waals surface area contributed by atoms with Gasteiger partial charge in [0, 0.05) is 42.6 Å². The van der Waals surface area contributed by atoms with E-state index in [1.807, 2.05) is 28.7 Å². The third-order valence-corrected chi connectivity index (χ3v) is 4.69. The van der Waals surface area contributed by atoms with Crippen molar-refractivity contribution in [1.82, 2.24) is 19.6 Å². The van der Waals surface area contributed by atoms with E-state index in [1.165, 1.54) is 13.2 Å². The summed E-state index contributed by atoms with van der Waals surface area (Å²) >= 11 is 0. The van der Waals surface area contributed by atoms with Gasteiger partial charge in [0.25, 0.3) is 0 Å². The van der Waals surface area contributed by atoms with E-state index in [1.54, 1.807) is 24.7 Å². The summed E-state index contributed by atoms with van der Waals surface area (Å²) in [4.78, 5) is 4.26. The average molecular weight is 393 g/mol. The van der Waals surface area contributed by atoms with Crippen LogP contribution in [0.2, 0.25) is 0 Å². The first-order chi connectivity index (χ1) is 14.2. The Morgan fingerprint density at radius 3 is 2.93 bits per heavy atom. The third-order valence-electron chi connectivity index (χ3n) is 4.69. The highest BCUT2D eigenvalue weighted by Crippen LogP contribution is 2.27. The zero-order chi connectivity index (χ0) is 20.2. The standard InChI is InChI=1S/C21H20FN5O2/c1-29-19-4-2-3-18(22)17(19)12-24-20-6-5-16(21-26-25-13-27(20)21)14-7-9-23-15(11-14)8-10-28/h2-7,9,11,13,24,28H,8,10,12H2,1H3. The van der Waals surface area contributed by atoms with Gasteiger partial charge in [-0.3, -0.25) is 9.38 Å². The van der Waals surface area contributed by atoms with Crippen LogP contribution < -0.4 is 10.1 Å². The molecule has 0 aliphatic rings. The fourth-order valence-corrected chi connectivity index (χ4v) is 3.26. The van der Waals surface area contributed by atoms with Crippen molar-refractivity contribution in [3.05, 3.63) is 72.1 Å². The van der Waals surface area contributed by atoms with Crippen molar-refractivity contribution in [3.63, 3.8) is 0 Å². The zero-order valence-electron chi connectivity index (χ0n) is 15.8. The molecule has 0 unspecified atom stereocenters. The molecule has 0 saturated carbocycles. The van der Waals surface area contributed by atoms with Crippen molar-refractivity contribution in [2.75, 3.05) is 19.0 Å². The normalized spacial score (nSPS) is 11.0. The minimum Gasteiger partial charge on any atom is -0.496 e. The molecule has 4 rings (SSSR count). The number of benzene rings is 1. The Morgan fingerprint density at radius 2 is 2.10 bits per heavy atom. The summed E-state index contributed by atoms with van der Waals surface area (Å²) in [5.41, 5.74) is 3.73. The Labute approximate surface area is 166 Å². The van der Waals surface area contributed by atoms with Crippen molar-refractivity contribution in [3.8, 4) is 16.9 Å². The van der Waals surface area contributed by atoms with Gasteiger partial charge in [0.15, 0.2) is 5.65 Å². The summed E-state index contributed by atoms with van der Waals surface area (Å²) in [7, 11) is 1.52. The molecule has 0 saturated heterocycles. The highest BCUT2D eigenvalue weighted by molar-refractivity contribution is 5.79. The van der Waals surface area contributed by atoms with Crippen LogP contribution in [-0.4, -0.2) is 38.4 Å². The van der Waals surface area contributed by atoms with Crippen molar-refractivity contribution >= 4 is 11.5 Å². The van der Waals surface area contributed by atoms with Crippen molar-refractivity contribution < 1.29 is 14.2 Å². The predicted octanol–water partition coefficient (Wildman–Crippen LogP) is 3.09. The summed E-state index contributed by atoms with van der Waals surface area (Å²) in [5.74, 6) is 0.882. The van der Waals surface area contributed by atoms with Gasteiger partial charge >= 0.3 is 0 Å². The van der Waals surface area contributed by atoms with E-state index in [2.05, 4.69) is 20.5 Å². The molecule has 1 aromatic carbocycles. The largest absolute Gasteiger partial charge is 0.496 e. The number of pyridine rings is 2. The van der Waals surface area contributed by atoms with Gasteiger partial charge in [0.2, 0.25) is 0 Å². The van der Waals surface area contributed by atoms with Crippen LogP contribution in [0.3, 0.4) is 0 Å². The number of hydrogen-bond acceptors (Lipinski definition) is 6. The molecular formula is C21H20FN5O2. The Hall–Kier alpha value is -3.52. The molecule has 3 aromatic heterocycles. The molecule has 7 nitrogen and oxygen atoms in total. The van der Waals surface area contributed by atoms with Gasteiger partial charge in [-0.25, -0.2) is 4.39 Å². The first-order valence-electron chi connectivity index (χ1n) is 9.15. The Morgan fingerprint density at radius 1 is 1.21 bits per heavy atom. The van der Waals surface area contributed by atoms with Crippen LogP contribution in [0.1, 0.15) is 11.3 Å². The maximum absolute atomic E-state index is 14.2. The second kappa shape index (κ2) is 8.24. The lowest BCUT2D eigenvalue weighted by atomic mass is 10.1. The molecule has 29 heavy (non-hydrogen) atoms. The highest BCUT2D eigenvalue weighted by Gasteiger charge is 2.13. The van der Waals surface area contributed by atoms with Crippen LogP contribution in [0.15, 0.2) is 55.0 Å². The Bertz CT molecular complexity index is 1150. The lowest BCUT2D eigenvalue weighted by Gasteiger charge is -2.14. The van der Waals surface area contributed by atoms with E-state index >= 15 is 0 Å². The van der Waals surface area contributed by atoms with Crippen LogP contribution in [0.25, 0.3) is 16.8 Å². The monoisotopic (exact) mass is 393 g/mol. The van der Waals surface area contributed by atoms with Gasteiger partial charge in [-0.05, 0) is 42.0 Å². The van der Waals surface area contributed by atoms with Crippen LogP contribution >= 0.6 is 0 Å². The fraction of sp³-hybridized carbons (Fsp3) is 0.190. The van der Waals surface area contributed by atoms with Gasteiger partial charge in [-0.2, -0.15) is 0 Å². The van der Waals surface area contributed by atoms with Crippen LogP contribution in [-0.2, 0) is 13.0 Å². The van der Waals surface area contributed by atoms with Gasteiger partial charge < -0.3 is 15.2 Å². The second-order valence-electron chi connectivity index (χ2n) is 6.44. The number of nitrogens with zero attached hydrogens (tertiary/aromatic N) is 4. The number of ether oxygens (including phenoxy) is 1. The maximum atomic E-state index is 14.2. The van der Waals surface area contributed by atoms with E-state index in [4.69, 9.17) is 9.84 Å². The number of anilines is 1. The Balaban J connectivity index is 1.66. The van der Waals surface area contributed by atoms with E-state index in [0.717, 1.165) is 22.6 Å². The van der Waals surface area contributed by atoms with Gasteiger partial charge in [0.1, 0.15) is 23.7 Å². The second-order valence-corrected chi connectivity index (χ2v) is 6.44.